The Hall–Kier alpha value is -2.76. The van der Waals surface area contributed by atoms with E-state index in [1.807, 2.05) is 0 Å². The number of halogens is 2. The van der Waals surface area contributed by atoms with Gasteiger partial charge < -0.3 is 9.64 Å². The van der Waals surface area contributed by atoms with E-state index in [4.69, 9.17) is 0 Å². The molecule has 0 bridgehead atoms. The van der Waals surface area contributed by atoms with E-state index in [1.165, 1.54) is 18.9 Å². The first-order chi connectivity index (χ1) is 12.4. The van der Waals surface area contributed by atoms with Crippen molar-refractivity contribution in [2.75, 3.05) is 18.6 Å². The molecule has 2 aromatic carbocycles. The van der Waals surface area contributed by atoms with E-state index >= 15 is 8.78 Å². The Morgan fingerprint density at radius 3 is 2.38 bits per heavy atom. The molecule has 1 amide bonds. The van der Waals surface area contributed by atoms with Gasteiger partial charge >= 0.3 is 11.9 Å². The van der Waals surface area contributed by atoms with Gasteiger partial charge in [0.2, 0.25) is 5.91 Å². The number of fused-ring (bicyclic) bond motifs is 1. The second-order valence-corrected chi connectivity index (χ2v) is 6.17. The van der Waals surface area contributed by atoms with Crippen LogP contribution in [0.1, 0.15) is 24.0 Å². The van der Waals surface area contributed by atoms with Gasteiger partial charge in [-0.15, -0.1) is 0 Å². The van der Waals surface area contributed by atoms with E-state index < -0.39 is 29.6 Å². The molecular formula is C20H19F2NO3. The number of para-hydroxylation sites is 1. The zero-order chi connectivity index (χ0) is 18.9. The lowest BCUT2D eigenvalue weighted by molar-refractivity contribution is -0.183. The van der Waals surface area contributed by atoms with Gasteiger partial charge in [-0.25, -0.2) is 4.79 Å². The van der Waals surface area contributed by atoms with Crippen LogP contribution in [0.2, 0.25) is 0 Å². The maximum Gasteiger partial charge on any atom is 0.377 e. The Balaban J connectivity index is 2.21. The normalized spacial score (nSPS) is 19.8. The number of hydrogen-bond acceptors (Lipinski definition) is 3. The van der Waals surface area contributed by atoms with Crippen molar-refractivity contribution in [3.8, 4) is 0 Å². The van der Waals surface area contributed by atoms with Crippen LogP contribution in [0.25, 0.3) is 0 Å². The van der Waals surface area contributed by atoms with Crippen LogP contribution in [0, 0.1) is 5.92 Å². The number of amides is 1. The lowest BCUT2D eigenvalue weighted by Gasteiger charge is -2.40. The Labute approximate surface area is 150 Å². The molecule has 0 saturated heterocycles. The van der Waals surface area contributed by atoms with Crippen LogP contribution in [-0.2, 0) is 14.3 Å². The SMILES string of the molecule is CCOC(=O)C(F)(F)C1C(=O)N(C)c2ccccc2C1c1ccccc1. The first-order valence-corrected chi connectivity index (χ1v) is 8.36. The third-order valence-electron chi connectivity index (χ3n) is 4.66. The third kappa shape index (κ3) is 2.85. The van der Waals surface area contributed by atoms with E-state index in [0.29, 0.717) is 16.8 Å². The van der Waals surface area contributed by atoms with E-state index in [0.717, 1.165) is 0 Å². The van der Waals surface area contributed by atoms with Crippen molar-refractivity contribution < 1.29 is 23.1 Å². The highest BCUT2D eigenvalue weighted by Gasteiger charge is 2.59. The molecule has 1 aliphatic rings. The van der Waals surface area contributed by atoms with Gasteiger partial charge in [-0.3, -0.25) is 4.79 Å². The van der Waals surface area contributed by atoms with Crippen molar-refractivity contribution in [2.24, 2.45) is 5.92 Å². The van der Waals surface area contributed by atoms with Crippen molar-refractivity contribution in [3.63, 3.8) is 0 Å². The standard InChI is InChI=1S/C20H19F2NO3/c1-3-26-19(25)20(21,22)17-16(13-9-5-4-6-10-13)14-11-7-8-12-15(14)23(2)18(17)24/h4-12,16-17H,3H2,1-2H3. The van der Waals surface area contributed by atoms with Crippen LogP contribution < -0.4 is 4.90 Å². The highest BCUT2D eigenvalue weighted by Crippen LogP contribution is 2.48. The van der Waals surface area contributed by atoms with Crippen molar-refractivity contribution in [2.45, 2.75) is 18.8 Å². The zero-order valence-electron chi connectivity index (χ0n) is 14.5. The third-order valence-corrected chi connectivity index (χ3v) is 4.66. The number of benzene rings is 2. The van der Waals surface area contributed by atoms with Gasteiger partial charge in [-0.05, 0) is 24.1 Å². The number of carbonyl (C=O) groups is 2. The molecule has 0 radical (unpaired) electrons. The maximum atomic E-state index is 15.0. The number of esters is 1. The summed E-state index contributed by atoms with van der Waals surface area (Å²) in [5.74, 6) is -9.25. The number of nitrogens with zero attached hydrogens (tertiary/aromatic N) is 1. The summed E-state index contributed by atoms with van der Waals surface area (Å²) in [4.78, 5) is 26.0. The summed E-state index contributed by atoms with van der Waals surface area (Å²) < 4.78 is 34.6. The second kappa shape index (κ2) is 6.86. The van der Waals surface area contributed by atoms with Gasteiger partial charge in [0.25, 0.3) is 0 Å². The van der Waals surface area contributed by atoms with Crippen LogP contribution in [-0.4, -0.2) is 31.5 Å². The smallest absolute Gasteiger partial charge is 0.377 e. The number of ether oxygens (including phenoxy) is 1. The van der Waals surface area contributed by atoms with Crippen LogP contribution in [0.15, 0.2) is 54.6 Å². The topological polar surface area (TPSA) is 46.6 Å². The largest absolute Gasteiger partial charge is 0.462 e. The number of anilines is 1. The molecule has 0 saturated carbocycles. The van der Waals surface area contributed by atoms with Crippen molar-refractivity contribution in [3.05, 3.63) is 65.7 Å². The average molecular weight is 359 g/mol. The molecule has 136 valence electrons. The number of alkyl halides is 2. The van der Waals surface area contributed by atoms with Gasteiger partial charge in [0.05, 0.1) is 6.61 Å². The molecule has 2 aromatic rings. The summed E-state index contributed by atoms with van der Waals surface area (Å²) >= 11 is 0. The molecule has 0 spiro atoms. The Morgan fingerprint density at radius 1 is 1.12 bits per heavy atom. The summed E-state index contributed by atoms with van der Waals surface area (Å²) in [6, 6.07) is 15.5. The van der Waals surface area contributed by atoms with E-state index in [9.17, 15) is 9.59 Å². The maximum absolute atomic E-state index is 15.0. The van der Waals surface area contributed by atoms with Gasteiger partial charge in [0.1, 0.15) is 5.92 Å². The molecule has 1 heterocycles. The molecule has 3 rings (SSSR count). The minimum Gasteiger partial charge on any atom is -0.462 e. The first kappa shape index (κ1) is 18.0. The first-order valence-electron chi connectivity index (χ1n) is 8.36. The van der Waals surface area contributed by atoms with Crippen LogP contribution >= 0.6 is 0 Å². The summed E-state index contributed by atoms with van der Waals surface area (Å²) in [5, 5.41) is 0. The number of rotatable bonds is 4. The highest BCUT2D eigenvalue weighted by atomic mass is 19.3. The number of carbonyl (C=O) groups excluding carboxylic acids is 2. The van der Waals surface area contributed by atoms with Crippen molar-refractivity contribution in [1.29, 1.82) is 0 Å². The fraction of sp³-hybridized carbons (Fsp3) is 0.300. The van der Waals surface area contributed by atoms with Gasteiger partial charge in [-0.2, -0.15) is 8.78 Å². The molecule has 26 heavy (non-hydrogen) atoms. The zero-order valence-corrected chi connectivity index (χ0v) is 14.5. The molecule has 4 nitrogen and oxygen atoms in total. The quantitative estimate of drug-likeness (QED) is 0.784. The highest BCUT2D eigenvalue weighted by molar-refractivity contribution is 6.02. The molecule has 2 atom stereocenters. The summed E-state index contributed by atoms with van der Waals surface area (Å²) in [7, 11) is 1.44. The molecule has 0 N–H and O–H groups in total. The van der Waals surface area contributed by atoms with Crippen molar-refractivity contribution >= 4 is 17.6 Å². The van der Waals surface area contributed by atoms with Crippen LogP contribution in [0.4, 0.5) is 14.5 Å². The second-order valence-electron chi connectivity index (χ2n) is 6.17. The van der Waals surface area contributed by atoms with Crippen LogP contribution in [0.3, 0.4) is 0 Å². The fourth-order valence-electron chi connectivity index (χ4n) is 3.46. The predicted molar refractivity (Wildman–Crippen MR) is 93.2 cm³/mol. The Kier molecular flexibility index (Phi) is 4.76. The summed E-state index contributed by atoms with van der Waals surface area (Å²) in [6.45, 7) is 1.27. The monoisotopic (exact) mass is 359 g/mol. The molecule has 0 aromatic heterocycles. The van der Waals surface area contributed by atoms with Gasteiger partial charge in [0, 0.05) is 18.7 Å². The molecule has 1 aliphatic heterocycles. The minimum atomic E-state index is -3.95. The number of hydrogen-bond donors (Lipinski definition) is 0. The summed E-state index contributed by atoms with van der Waals surface area (Å²) in [5.41, 5.74) is 1.69. The molecule has 2 unspecified atom stereocenters. The lowest BCUT2D eigenvalue weighted by atomic mass is 9.73. The fourth-order valence-corrected chi connectivity index (χ4v) is 3.46. The Bertz CT molecular complexity index is 823. The predicted octanol–water partition coefficient (Wildman–Crippen LogP) is 3.61. The molecular weight excluding hydrogens is 340 g/mol. The molecule has 6 heteroatoms. The van der Waals surface area contributed by atoms with Crippen LogP contribution in [0.5, 0.6) is 0 Å². The van der Waals surface area contributed by atoms with E-state index in [2.05, 4.69) is 4.74 Å². The molecule has 0 aliphatic carbocycles. The van der Waals surface area contributed by atoms with Crippen molar-refractivity contribution in [1.82, 2.24) is 0 Å². The lowest BCUT2D eigenvalue weighted by Crippen LogP contribution is -2.53. The van der Waals surface area contributed by atoms with E-state index in [1.54, 1.807) is 54.6 Å². The summed E-state index contributed by atoms with van der Waals surface area (Å²) in [6.07, 6.45) is 0. The molecule has 0 fully saturated rings. The average Bonchev–Trinajstić information content (AvgIpc) is 2.65. The minimum absolute atomic E-state index is 0.183. The van der Waals surface area contributed by atoms with E-state index in [-0.39, 0.29) is 6.61 Å². The van der Waals surface area contributed by atoms with Gasteiger partial charge in [0.15, 0.2) is 0 Å². The Morgan fingerprint density at radius 2 is 1.73 bits per heavy atom. The van der Waals surface area contributed by atoms with Gasteiger partial charge in [-0.1, -0.05) is 48.5 Å².